The zero-order valence-corrected chi connectivity index (χ0v) is 27.5. The number of hydrogen-bond donors (Lipinski definition) is 0. The Balaban J connectivity index is 1.26. The van der Waals surface area contributed by atoms with Crippen LogP contribution in [0.4, 0.5) is 23.7 Å². The molecule has 0 radical (unpaired) electrons. The summed E-state index contributed by atoms with van der Waals surface area (Å²) in [6, 6.07) is 18.5. The lowest BCUT2D eigenvalue weighted by molar-refractivity contribution is -0.274. The van der Waals surface area contributed by atoms with Crippen LogP contribution in [0.2, 0.25) is 0 Å². The van der Waals surface area contributed by atoms with Gasteiger partial charge >= 0.3 is 12.4 Å². The zero-order chi connectivity index (χ0) is 33.7. The van der Waals surface area contributed by atoms with Gasteiger partial charge in [0.2, 0.25) is 0 Å². The Labute approximate surface area is 275 Å². The van der Waals surface area contributed by atoms with Gasteiger partial charge in [0.1, 0.15) is 17.8 Å². The first-order valence-electron chi connectivity index (χ1n) is 15.0. The van der Waals surface area contributed by atoms with E-state index in [1.807, 2.05) is 42.5 Å². The predicted octanol–water partition coefficient (Wildman–Crippen LogP) is 8.48. The van der Waals surface area contributed by atoms with Crippen LogP contribution in [0.3, 0.4) is 0 Å². The van der Waals surface area contributed by atoms with E-state index in [0.717, 1.165) is 40.3 Å². The third-order valence-corrected chi connectivity index (χ3v) is 8.49. The number of ether oxygens (including phenoxy) is 2. The number of rotatable bonds is 8. The number of halogens is 3. The molecule has 9 nitrogen and oxygen atoms in total. The first kappa shape index (κ1) is 33.7. The summed E-state index contributed by atoms with van der Waals surface area (Å²) in [4.78, 5) is 28.2. The summed E-state index contributed by atoms with van der Waals surface area (Å²) < 4.78 is 48.2. The monoisotopic (exact) mass is 664 g/mol. The van der Waals surface area contributed by atoms with E-state index in [-0.39, 0.29) is 17.7 Å². The summed E-state index contributed by atoms with van der Waals surface area (Å²) in [5, 5.41) is 5.08. The van der Waals surface area contributed by atoms with E-state index in [4.69, 9.17) is 4.74 Å². The number of nitrogens with zero attached hydrogens (tertiary/aromatic N) is 6. The number of anilines is 1. The Morgan fingerprint density at radius 1 is 1.06 bits per heavy atom. The number of urea groups is 1. The number of carbonyl (C=O) groups is 1. The molecule has 1 aromatic heterocycles. The number of benzene rings is 3. The van der Waals surface area contributed by atoms with Crippen LogP contribution in [0, 0.1) is 0 Å². The molecule has 0 spiro atoms. The number of hydrogen-bond acceptors (Lipinski definition) is 6. The smallest absolute Gasteiger partial charge is 0.497 e. The number of methoxy groups -OCH3 is 1. The second kappa shape index (κ2) is 14.4. The second-order valence-electron chi connectivity index (χ2n) is 11.4. The minimum Gasteiger partial charge on any atom is -0.497 e. The highest BCUT2D eigenvalue weighted by Gasteiger charge is 2.31. The molecular formula is C34H35F3N6O3S. The van der Waals surface area contributed by atoms with Crippen molar-refractivity contribution in [1.29, 1.82) is 0 Å². The van der Waals surface area contributed by atoms with Crippen molar-refractivity contribution < 1.29 is 27.4 Å². The molecule has 1 aliphatic rings. The molecule has 246 valence electrons. The molecule has 1 aliphatic heterocycles. The average Bonchev–Trinajstić information content (AvgIpc) is 3.51. The number of amidine groups is 1. The maximum Gasteiger partial charge on any atom is 0.573 e. The van der Waals surface area contributed by atoms with Crippen LogP contribution in [-0.4, -0.2) is 56.9 Å². The van der Waals surface area contributed by atoms with Gasteiger partial charge in [-0.1, -0.05) is 49.9 Å². The van der Waals surface area contributed by atoms with Gasteiger partial charge in [0.25, 0.3) is 0 Å². The number of alkyl halides is 3. The van der Waals surface area contributed by atoms with Crippen molar-refractivity contribution in [1.82, 2.24) is 14.8 Å². The van der Waals surface area contributed by atoms with Gasteiger partial charge in [-0.2, -0.15) is 4.99 Å². The summed E-state index contributed by atoms with van der Waals surface area (Å²) in [5.74, 6) is 2.03. The van der Waals surface area contributed by atoms with Crippen LogP contribution in [0.25, 0.3) is 17.1 Å². The fourth-order valence-electron chi connectivity index (χ4n) is 5.17. The normalized spacial score (nSPS) is 16.5. The summed E-state index contributed by atoms with van der Waals surface area (Å²) in [6.07, 6.45) is -1.86. The van der Waals surface area contributed by atoms with Crippen LogP contribution in [0.15, 0.2) is 83.0 Å². The van der Waals surface area contributed by atoms with E-state index in [9.17, 15) is 18.0 Å². The number of thioether (sulfide) groups is 1. The van der Waals surface area contributed by atoms with Crippen LogP contribution >= 0.6 is 11.8 Å². The van der Waals surface area contributed by atoms with Gasteiger partial charge in [0, 0.05) is 35.2 Å². The van der Waals surface area contributed by atoms with Crippen LogP contribution in [-0.2, 0) is 6.42 Å². The highest BCUT2D eigenvalue weighted by Crippen LogP contribution is 2.37. The molecule has 0 saturated carbocycles. The molecular weight excluding hydrogens is 629 g/mol. The molecule has 4 aromatic rings. The Kier molecular flexibility index (Phi) is 10.3. The van der Waals surface area contributed by atoms with Gasteiger partial charge < -0.3 is 14.4 Å². The maximum atomic E-state index is 13.0. The topological polar surface area (TPSA) is 94.2 Å². The van der Waals surface area contributed by atoms with Crippen molar-refractivity contribution in [3.05, 3.63) is 84.2 Å². The molecule has 1 unspecified atom stereocenters. The summed E-state index contributed by atoms with van der Waals surface area (Å²) in [5.41, 5.74) is 4.99. The van der Waals surface area contributed by atoms with Gasteiger partial charge in [-0.15, -0.1) is 18.3 Å². The molecule has 3 aromatic carbocycles. The predicted molar refractivity (Wildman–Crippen MR) is 179 cm³/mol. The van der Waals surface area contributed by atoms with E-state index < -0.39 is 12.4 Å². The van der Waals surface area contributed by atoms with Gasteiger partial charge in [-0.05, 0) is 79.8 Å². The Hall–Kier alpha value is -4.65. The van der Waals surface area contributed by atoms with Crippen molar-refractivity contribution in [2.24, 2.45) is 9.98 Å². The Morgan fingerprint density at radius 2 is 1.77 bits per heavy atom. The quantitative estimate of drug-likeness (QED) is 0.174. The van der Waals surface area contributed by atoms with Gasteiger partial charge in [-0.3, -0.25) is 0 Å². The SMILES string of the molecule is COc1ccc(N2C(=NC(=O)N=C(C)Cc3ccc(-c4ncn(-c5ccc(OC(F)(F)F)cc5)n4)cc3)SCCC2C)c(C(C)C)c1. The molecule has 5 rings (SSSR count). The first-order valence-corrected chi connectivity index (χ1v) is 16.0. The summed E-state index contributed by atoms with van der Waals surface area (Å²) >= 11 is 1.56. The number of aliphatic imine (C=N–C) groups is 2. The second-order valence-corrected chi connectivity index (χ2v) is 12.4. The number of aromatic nitrogens is 3. The fourth-order valence-corrected chi connectivity index (χ4v) is 6.37. The summed E-state index contributed by atoms with van der Waals surface area (Å²) in [6.45, 7) is 8.21. The molecule has 1 fully saturated rings. The van der Waals surface area contributed by atoms with E-state index in [1.54, 1.807) is 25.8 Å². The largest absolute Gasteiger partial charge is 0.573 e. The van der Waals surface area contributed by atoms with Crippen LogP contribution in [0.5, 0.6) is 11.5 Å². The lowest BCUT2D eigenvalue weighted by Gasteiger charge is -2.37. The minimum atomic E-state index is -4.76. The van der Waals surface area contributed by atoms with Crippen molar-refractivity contribution in [2.75, 3.05) is 17.8 Å². The molecule has 2 heterocycles. The lowest BCUT2D eigenvalue weighted by Crippen LogP contribution is -2.42. The van der Waals surface area contributed by atoms with E-state index in [0.29, 0.717) is 28.8 Å². The van der Waals surface area contributed by atoms with Crippen molar-refractivity contribution in [3.63, 3.8) is 0 Å². The highest BCUT2D eigenvalue weighted by molar-refractivity contribution is 8.14. The standard InChI is InChI=1S/C34H35F3N6O3S/c1-21(2)29-19-28(45-5)14-15-30(29)43-23(4)16-17-47-33(43)40-32(44)39-22(3)18-24-6-8-25(9-7-24)31-38-20-42(41-31)26-10-12-27(13-11-26)46-34(35,36)37/h6-15,19-21,23H,16-18H2,1-5H3. The fraction of sp³-hybridized carbons (Fsp3) is 0.324. The van der Waals surface area contributed by atoms with E-state index >= 15 is 0 Å². The number of carbonyl (C=O) groups excluding carboxylic acids is 1. The van der Waals surface area contributed by atoms with E-state index in [1.165, 1.54) is 35.3 Å². The van der Waals surface area contributed by atoms with Crippen molar-refractivity contribution >= 4 is 34.4 Å². The van der Waals surface area contributed by atoms with Gasteiger partial charge in [-0.25, -0.2) is 19.5 Å². The van der Waals surface area contributed by atoms with Crippen molar-refractivity contribution in [3.8, 4) is 28.6 Å². The molecule has 13 heteroatoms. The first-order chi connectivity index (χ1) is 22.4. The van der Waals surface area contributed by atoms with Crippen LogP contribution < -0.4 is 14.4 Å². The lowest BCUT2D eigenvalue weighted by atomic mass is 9.99. The molecule has 2 amide bonds. The Morgan fingerprint density at radius 3 is 2.43 bits per heavy atom. The number of amides is 2. The third kappa shape index (κ3) is 8.59. The highest BCUT2D eigenvalue weighted by atomic mass is 32.2. The average molecular weight is 665 g/mol. The van der Waals surface area contributed by atoms with E-state index in [2.05, 4.69) is 50.5 Å². The van der Waals surface area contributed by atoms with Crippen molar-refractivity contribution in [2.45, 2.75) is 58.9 Å². The molecule has 47 heavy (non-hydrogen) atoms. The van der Waals surface area contributed by atoms with Crippen LogP contribution in [0.1, 0.15) is 51.2 Å². The molecule has 0 N–H and O–H groups in total. The molecule has 1 saturated heterocycles. The third-order valence-electron chi connectivity index (χ3n) is 7.51. The van der Waals surface area contributed by atoms with Gasteiger partial charge in [0.15, 0.2) is 11.0 Å². The molecule has 0 bridgehead atoms. The van der Waals surface area contributed by atoms with Gasteiger partial charge in [0.05, 0.1) is 12.8 Å². The zero-order valence-electron chi connectivity index (χ0n) is 26.7. The molecule has 1 atom stereocenters. The molecule has 0 aliphatic carbocycles. The minimum absolute atomic E-state index is 0.164. The maximum absolute atomic E-state index is 13.0. The summed E-state index contributed by atoms with van der Waals surface area (Å²) in [7, 11) is 1.65. The Bertz CT molecular complexity index is 1770.